The molecule has 0 aliphatic rings. The maximum Gasteiger partial charge on any atom is 0.123 e. The zero-order chi connectivity index (χ0) is 9.90. The van der Waals surface area contributed by atoms with Crippen molar-refractivity contribution in [2.45, 2.75) is 25.8 Å². The third kappa shape index (κ3) is 3.15. The zero-order valence-electron chi connectivity index (χ0n) is 8.39. The molecule has 0 saturated heterocycles. The third-order valence-corrected chi connectivity index (χ3v) is 2.21. The predicted molar refractivity (Wildman–Crippen MR) is 53.2 cm³/mol. The molecule has 0 atom stereocenters. The SMILES string of the molecule is CNC(C)(C)Cc1cccc(F)c1. The highest BCUT2D eigenvalue weighted by atomic mass is 19.1. The van der Waals surface area contributed by atoms with Gasteiger partial charge in [0.1, 0.15) is 5.82 Å². The summed E-state index contributed by atoms with van der Waals surface area (Å²) < 4.78 is 12.8. The molecule has 0 aliphatic carbocycles. The first-order valence-electron chi connectivity index (χ1n) is 4.47. The standard InChI is InChI=1S/C11H16FN/c1-11(2,13-3)8-9-5-4-6-10(12)7-9/h4-7,13H,8H2,1-3H3. The van der Waals surface area contributed by atoms with Crippen LogP contribution in [0.15, 0.2) is 24.3 Å². The van der Waals surface area contributed by atoms with E-state index in [0.717, 1.165) is 12.0 Å². The molecule has 0 heterocycles. The Balaban J connectivity index is 2.74. The van der Waals surface area contributed by atoms with Gasteiger partial charge in [0.15, 0.2) is 0 Å². The summed E-state index contributed by atoms with van der Waals surface area (Å²) in [5, 5.41) is 3.19. The van der Waals surface area contributed by atoms with Gasteiger partial charge in [-0.2, -0.15) is 0 Å². The minimum Gasteiger partial charge on any atom is -0.314 e. The molecule has 0 bridgehead atoms. The summed E-state index contributed by atoms with van der Waals surface area (Å²) in [5.41, 5.74) is 1.05. The van der Waals surface area contributed by atoms with E-state index in [9.17, 15) is 4.39 Å². The molecule has 72 valence electrons. The second kappa shape index (κ2) is 3.88. The van der Waals surface area contributed by atoms with Gasteiger partial charge in [-0.3, -0.25) is 0 Å². The van der Waals surface area contributed by atoms with Crippen molar-refractivity contribution in [3.8, 4) is 0 Å². The van der Waals surface area contributed by atoms with Crippen molar-refractivity contribution in [3.63, 3.8) is 0 Å². The molecule has 0 radical (unpaired) electrons. The van der Waals surface area contributed by atoms with Crippen molar-refractivity contribution in [1.82, 2.24) is 5.32 Å². The van der Waals surface area contributed by atoms with Gasteiger partial charge >= 0.3 is 0 Å². The lowest BCUT2D eigenvalue weighted by Crippen LogP contribution is -2.38. The molecule has 0 amide bonds. The molecule has 0 spiro atoms. The Kier molecular flexibility index (Phi) is 3.04. The van der Waals surface area contributed by atoms with E-state index in [2.05, 4.69) is 19.2 Å². The van der Waals surface area contributed by atoms with Crippen LogP contribution < -0.4 is 5.32 Å². The Morgan fingerprint density at radius 3 is 2.62 bits per heavy atom. The van der Waals surface area contributed by atoms with Crippen molar-refractivity contribution in [2.75, 3.05) is 7.05 Å². The Bertz CT molecular complexity index is 281. The number of benzene rings is 1. The number of nitrogens with one attached hydrogen (secondary N) is 1. The Hall–Kier alpha value is -0.890. The number of halogens is 1. The molecule has 1 nitrogen and oxygen atoms in total. The minimum absolute atomic E-state index is 0.0216. The van der Waals surface area contributed by atoms with Crippen LogP contribution in [0.1, 0.15) is 19.4 Å². The van der Waals surface area contributed by atoms with Crippen LogP contribution in [0.25, 0.3) is 0 Å². The Morgan fingerprint density at radius 2 is 2.08 bits per heavy atom. The van der Waals surface area contributed by atoms with Gasteiger partial charge in [0.25, 0.3) is 0 Å². The van der Waals surface area contributed by atoms with E-state index < -0.39 is 0 Å². The van der Waals surface area contributed by atoms with E-state index in [4.69, 9.17) is 0 Å². The summed E-state index contributed by atoms with van der Waals surface area (Å²) in [6.07, 6.45) is 0.835. The number of hydrogen-bond acceptors (Lipinski definition) is 1. The minimum atomic E-state index is -0.163. The van der Waals surface area contributed by atoms with Crippen LogP contribution in [0.2, 0.25) is 0 Å². The molecular formula is C11H16FN. The smallest absolute Gasteiger partial charge is 0.123 e. The average molecular weight is 181 g/mol. The van der Waals surface area contributed by atoms with Crippen LogP contribution in [0, 0.1) is 5.82 Å². The highest BCUT2D eigenvalue weighted by molar-refractivity contribution is 5.18. The number of likely N-dealkylation sites (N-methyl/N-ethyl adjacent to an activating group) is 1. The van der Waals surface area contributed by atoms with Crippen LogP contribution in [-0.4, -0.2) is 12.6 Å². The van der Waals surface area contributed by atoms with Gasteiger partial charge in [-0.05, 0) is 45.0 Å². The van der Waals surface area contributed by atoms with E-state index in [0.29, 0.717) is 0 Å². The fraction of sp³-hybridized carbons (Fsp3) is 0.455. The summed E-state index contributed by atoms with van der Waals surface area (Å²) in [7, 11) is 1.92. The Morgan fingerprint density at radius 1 is 1.38 bits per heavy atom. The number of hydrogen-bond donors (Lipinski definition) is 1. The molecule has 0 fully saturated rings. The summed E-state index contributed by atoms with van der Waals surface area (Å²) in [5.74, 6) is -0.163. The van der Waals surface area contributed by atoms with Gasteiger partial charge < -0.3 is 5.32 Å². The molecule has 1 rings (SSSR count). The van der Waals surface area contributed by atoms with E-state index in [1.807, 2.05) is 13.1 Å². The lowest BCUT2D eigenvalue weighted by Gasteiger charge is -2.23. The van der Waals surface area contributed by atoms with Gasteiger partial charge in [-0.15, -0.1) is 0 Å². The molecule has 1 N–H and O–H groups in total. The second-order valence-corrected chi connectivity index (χ2v) is 3.94. The average Bonchev–Trinajstić information content (AvgIpc) is 2.03. The molecule has 0 aliphatic heterocycles. The largest absolute Gasteiger partial charge is 0.314 e. The second-order valence-electron chi connectivity index (χ2n) is 3.94. The molecule has 2 heteroatoms. The summed E-state index contributed by atoms with van der Waals surface area (Å²) in [4.78, 5) is 0. The number of rotatable bonds is 3. The zero-order valence-corrected chi connectivity index (χ0v) is 8.39. The van der Waals surface area contributed by atoms with E-state index in [1.54, 1.807) is 12.1 Å². The van der Waals surface area contributed by atoms with Crippen molar-refractivity contribution in [1.29, 1.82) is 0 Å². The van der Waals surface area contributed by atoms with E-state index in [-0.39, 0.29) is 11.4 Å². The van der Waals surface area contributed by atoms with Crippen molar-refractivity contribution >= 4 is 0 Å². The highest BCUT2D eigenvalue weighted by Crippen LogP contribution is 2.12. The lowest BCUT2D eigenvalue weighted by atomic mass is 9.95. The normalized spacial score (nSPS) is 11.7. The van der Waals surface area contributed by atoms with Crippen LogP contribution in [-0.2, 0) is 6.42 Å². The Labute approximate surface area is 79.0 Å². The van der Waals surface area contributed by atoms with Crippen LogP contribution in [0.5, 0.6) is 0 Å². The maximum atomic E-state index is 12.8. The third-order valence-electron chi connectivity index (χ3n) is 2.21. The monoisotopic (exact) mass is 181 g/mol. The maximum absolute atomic E-state index is 12.8. The van der Waals surface area contributed by atoms with Crippen molar-refractivity contribution in [2.24, 2.45) is 0 Å². The molecule has 1 aromatic rings. The fourth-order valence-corrected chi connectivity index (χ4v) is 1.25. The van der Waals surface area contributed by atoms with Crippen molar-refractivity contribution < 1.29 is 4.39 Å². The highest BCUT2D eigenvalue weighted by Gasteiger charge is 2.15. The molecular weight excluding hydrogens is 165 g/mol. The summed E-state index contributed by atoms with van der Waals surface area (Å²) in [6.45, 7) is 4.19. The first-order chi connectivity index (χ1) is 6.03. The molecule has 0 saturated carbocycles. The van der Waals surface area contributed by atoms with Crippen LogP contribution >= 0.6 is 0 Å². The molecule has 0 aromatic heterocycles. The van der Waals surface area contributed by atoms with Gasteiger partial charge in [-0.25, -0.2) is 4.39 Å². The first-order valence-corrected chi connectivity index (χ1v) is 4.47. The van der Waals surface area contributed by atoms with Gasteiger partial charge in [0, 0.05) is 5.54 Å². The molecule has 0 unspecified atom stereocenters. The topological polar surface area (TPSA) is 12.0 Å². The molecule has 13 heavy (non-hydrogen) atoms. The van der Waals surface area contributed by atoms with Crippen molar-refractivity contribution in [3.05, 3.63) is 35.6 Å². The molecule has 1 aromatic carbocycles. The van der Waals surface area contributed by atoms with Gasteiger partial charge in [0.2, 0.25) is 0 Å². The first kappa shape index (κ1) is 10.2. The summed E-state index contributed by atoms with van der Waals surface area (Å²) in [6, 6.07) is 6.74. The quantitative estimate of drug-likeness (QED) is 0.754. The van der Waals surface area contributed by atoms with Crippen LogP contribution in [0.3, 0.4) is 0 Å². The summed E-state index contributed by atoms with van der Waals surface area (Å²) >= 11 is 0. The fourth-order valence-electron chi connectivity index (χ4n) is 1.25. The van der Waals surface area contributed by atoms with E-state index in [1.165, 1.54) is 6.07 Å². The lowest BCUT2D eigenvalue weighted by molar-refractivity contribution is 0.421. The predicted octanol–water partition coefficient (Wildman–Crippen LogP) is 2.37. The van der Waals surface area contributed by atoms with E-state index >= 15 is 0 Å². The van der Waals surface area contributed by atoms with Crippen LogP contribution in [0.4, 0.5) is 4.39 Å². The van der Waals surface area contributed by atoms with Gasteiger partial charge in [-0.1, -0.05) is 12.1 Å². The van der Waals surface area contributed by atoms with Gasteiger partial charge in [0.05, 0.1) is 0 Å².